The Balaban J connectivity index is 1.85. The van der Waals surface area contributed by atoms with E-state index in [1.807, 2.05) is 4.90 Å². The van der Waals surface area contributed by atoms with Gasteiger partial charge in [-0.25, -0.2) is 13.6 Å². The van der Waals surface area contributed by atoms with Gasteiger partial charge in [-0.2, -0.15) is 0 Å². The largest absolute Gasteiger partial charge is 0.455 e. The molecule has 7 heteroatoms. The third-order valence-corrected chi connectivity index (χ3v) is 4.81. The molecule has 1 amide bonds. The molecule has 1 heterocycles. The first-order valence-corrected chi connectivity index (χ1v) is 8.35. The summed E-state index contributed by atoms with van der Waals surface area (Å²) in [6.07, 6.45) is 4.35. The number of hydrogen-bond acceptors (Lipinski definition) is 4. The van der Waals surface area contributed by atoms with Crippen molar-refractivity contribution in [2.45, 2.75) is 43.5 Å². The highest BCUT2D eigenvalue weighted by atomic mass is 32.2. The van der Waals surface area contributed by atoms with E-state index in [9.17, 15) is 13.2 Å². The molecule has 1 aromatic heterocycles. The third kappa shape index (κ3) is 2.73. The van der Waals surface area contributed by atoms with Crippen LogP contribution in [-0.2, 0) is 10.0 Å². The van der Waals surface area contributed by atoms with Crippen LogP contribution in [0.25, 0.3) is 0 Å². The molecule has 0 atom stereocenters. The van der Waals surface area contributed by atoms with Crippen LogP contribution in [0.15, 0.2) is 15.4 Å². The lowest BCUT2D eigenvalue weighted by molar-refractivity contribution is 0.0701. The van der Waals surface area contributed by atoms with E-state index in [4.69, 9.17) is 9.56 Å². The van der Waals surface area contributed by atoms with Crippen molar-refractivity contribution in [3.63, 3.8) is 0 Å². The summed E-state index contributed by atoms with van der Waals surface area (Å²) in [4.78, 5) is 14.2. The number of carbonyl (C=O) groups is 1. The standard InChI is InChI=1S/C13H18N2O4S/c1-8-12(20(14,17)18)6-11(19-8)13(16)15(10-4-5-10)7-9-2-3-9/h6,9-10H,2-5,7H2,1H3,(H2,14,17,18). The number of nitrogens with zero attached hydrogens (tertiary/aromatic N) is 1. The summed E-state index contributed by atoms with van der Waals surface area (Å²) in [5, 5.41) is 5.10. The summed E-state index contributed by atoms with van der Waals surface area (Å²) in [7, 11) is -3.85. The van der Waals surface area contributed by atoms with Crippen molar-refractivity contribution in [1.82, 2.24) is 4.90 Å². The highest BCUT2D eigenvalue weighted by Crippen LogP contribution is 2.36. The van der Waals surface area contributed by atoms with Gasteiger partial charge in [-0.3, -0.25) is 4.79 Å². The number of furan rings is 1. The molecule has 1 aromatic rings. The first-order chi connectivity index (χ1) is 9.36. The lowest BCUT2D eigenvalue weighted by Gasteiger charge is -2.20. The van der Waals surface area contributed by atoms with E-state index in [1.54, 1.807) is 0 Å². The van der Waals surface area contributed by atoms with Gasteiger partial charge in [-0.1, -0.05) is 0 Å². The zero-order valence-electron chi connectivity index (χ0n) is 11.3. The second-order valence-corrected chi connectivity index (χ2v) is 7.24. The van der Waals surface area contributed by atoms with Crippen molar-refractivity contribution in [3.8, 4) is 0 Å². The van der Waals surface area contributed by atoms with Crippen LogP contribution in [0.1, 0.15) is 42.0 Å². The van der Waals surface area contributed by atoms with Crippen molar-refractivity contribution in [2.75, 3.05) is 6.54 Å². The molecule has 0 bridgehead atoms. The fraction of sp³-hybridized carbons (Fsp3) is 0.615. The highest BCUT2D eigenvalue weighted by molar-refractivity contribution is 7.89. The topological polar surface area (TPSA) is 93.6 Å². The summed E-state index contributed by atoms with van der Waals surface area (Å²) < 4.78 is 28.1. The Morgan fingerprint density at radius 2 is 2.05 bits per heavy atom. The van der Waals surface area contributed by atoms with E-state index >= 15 is 0 Å². The van der Waals surface area contributed by atoms with Crippen molar-refractivity contribution < 1.29 is 17.6 Å². The average molecular weight is 298 g/mol. The normalized spacial score (nSPS) is 19.1. The number of carbonyl (C=O) groups excluding carboxylic acids is 1. The number of rotatable bonds is 5. The zero-order chi connectivity index (χ0) is 14.5. The zero-order valence-corrected chi connectivity index (χ0v) is 12.1. The SMILES string of the molecule is Cc1oc(C(=O)N(CC2CC2)C2CC2)cc1S(N)(=O)=O. The Bertz CT molecular complexity index is 641. The van der Waals surface area contributed by atoms with E-state index in [0.717, 1.165) is 32.2 Å². The number of nitrogens with two attached hydrogens (primary N) is 1. The van der Waals surface area contributed by atoms with Crippen molar-refractivity contribution in [2.24, 2.45) is 11.1 Å². The lowest BCUT2D eigenvalue weighted by atomic mass is 10.3. The molecule has 0 spiro atoms. The molecule has 20 heavy (non-hydrogen) atoms. The van der Waals surface area contributed by atoms with Gasteiger partial charge in [-0.15, -0.1) is 0 Å². The molecule has 0 saturated heterocycles. The molecule has 2 aliphatic rings. The summed E-state index contributed by atoms with van der Waals surface area (Å²) in [5.41, 5.74) is 0. The fourth-order valence-corrected chi connectivity index (χ4v) is 3.07. The van der Waals surface area contributed by atoms with E-state index in [-0.39, 0.29) is 28.4 Å². The maximum atomic E-state index is 12.5. The molecule has 6 nitrogen and oxygen atoms in total. The van der Waals surface area contributed by atoms with Gasteiger partial charge in [0.2, 0.25) is 10.0 Å². The molecule has 0 radical (unpaired) electrons. The summed E-state index contributed by atoms with van der Waals surface area (Å²) >= 11 is 0. The Morgan fingerprint density at radius 1 is 1.40 bits per heavy atom. The van der Waals surface area contributed by atoms with Crippen LogP contribution in [0.3, 0.4) is 0 Å². The first kappa shape index (κ1) is 13.6. The molecule has 110 valence electrons. The summed E-state index contributed by atoms with van der Waals surface area (Å²) in [6, 6.07) is 1.53. The first-order valence-electron chi connectivity index (χ1n) is 6.80. The summed E-state index contributed by atoms with van der Waals surface area (Å²) in [6.45, 7) is 2.24. The quantitative estimate of drug-likeness (QED) is 0.885. The van der Waals surface area contributed by atoms with E-state index < -0.39 is 10.0 Å². The maximum absolute atomic E-state index is 12.5. The molecule has 3 rings (SSSR count). The Morgan fingerprint density at radius 3 is 2.50 bits per heavy atom. The molecule has 0 aromatic carbocycles. The predicted molar refractivity (Wildman–Crippen MR) is 71.6 cm³/mol. The van der Waals surface area contributed by atoms with E-state index in [1.165, 1.54) is 13.0 Å². The molecule has 2 N–H and O–H groups in total. The monoisotopic (exact) mass is 298 g/mol. The molecular weight excluding hydrogens is 280 g/mol. The summed E-state index contributed by atoms with van der Waals surface area (Å²) in [5.74, 6) is 0.600. The van der Waals surface area contributed by atoms with Gasteiger partial charge < -0.3 is 9.32 Å². The molecule has 0 unspecified atom stereocenters. The van der Waals surface area contributed by atoms with E-state index in [2.05, 4.69) is 0 Å². The number of primary sulfonamides is 1. The van der Waals surface area contributed by atoms with Crippen LogP contribution in [0.4, 0.5) is 0 Å². The number of hydrogen-bond donors (Lipinski definition) is 1. The van der Waals surface area contributed by atoms with Crippen LogP contribution >= 0.6 is 0 Å². The molecule has 2 saturated carbocycles. The van der Waals surface area contributed by atoms with Crippen LogP contribution in [-0.4, -0.2) is 31.8 Å². The Kier molecular flexibility index (Phi) is 3.13. The predicted octanol–water partition coefficient (Wildman–Crippen LogP) is 1.25. The fourth-order valence-electron chi connectivity index (χ4n) is 2.36. The minimum absolute atomic E-state index is 0.0686. The second-order valence-electron chi connectivity index (χ2n) is 5.71. The minimum atomic E-state index is -3.85. The smallest absolute Gasteiger partial charge is 0.289 e. The average Bonchev–Trinajstić information content (AvgIpc) is 3.23. The van der Waals surface area contributed by atoms with Crippen LogP contribution < -0.4 is 5.14 Å². The van der Waals surface area contributed by atoms with Gasteiger partial charge in [0.05, 0.1) is 0 Å². The van der Waals surface area contributed by atoms with Crippen molar-refractivity contribution >= 4 is 15.9 Å². The van der Waals surface area contributed by atoms with Crippen LogP contribution in [0.5, 0.6) is 0 Å². The minimum Gasteiger partial charge on any atom is -0.455 e. The molecule has 2 fully saturated rings. The molecular formula is C13H18N2O4S. The van der Waals surface area contributed by atoms with Gasteiger partial charge in [0.25, 0.3) is 5.91 Å². The van der Waals surface area contributed by atoms with Gasteiger partial charge in [-0.05, 0) is 38.5 Å². The lowest BCUT2D eigenvalue weighted by Crippen LogP contribution is -2.34. The van der Waals surface area contributed by atoms with E-state index in [0.29, 0.717) is 5.92 Å². The van der Waals surface area contributed by atoms with Crippen molar-refractivity contribution in [3.05, 3.63) is 17.6 Å². The van der Waals surface area contributed by atoms with Gasteiger partial charge in [0.1, 0.15) is 10.7 Å². The Labute approximate surface area is 118 Å². The van der Waals surface area contributed by atoms with Gasteiger partial charge in [0, 0.05) is 18.7 Å². The number of amides is 1. The van der Waals surface area contributed by atoms with Gasteiger partial charge >= 0.3 is 0 Å². The number of aryl methyl sites for hydroxylation is 1. The van der Waals surface area contributed by atoms with Gasteiger partial charge in [0.15, 0.2) is 5.76 Å². The van der Waals surface area contributed by atoms with Crippen LogP contribution in [0.2, 0.25) is 0 Å². The number of sulfonamides is 1. The third-order valence-electron chi connectivity index (χ3n) is 3.79. The maximum Gasteiger partial charge on any atom is 0.289 e. The second kappa shape index (κ2) is 4.60. The van der Waals surface area contributed by atoms with Crippen LogP contribution in [0, 0.1) is 12.8 Å². The Hall–Kier alpha value is -1.34. The highest BCUT2D eigenvalue weighted by Gasteiger charge is 2.38. The molecule has 0 aliphatic heterocycles. The molecule has 2 aliphatic carbocycles. The van der Waals surface area contributed by atoms with Crippen molar-refractivity contribution in [1.29, 1.82) is 0 Å².